The Morgan fingerprint density at radius 2 is 1.97 bits per heavy atom. The number of carbonyl (C=O) groups is 1. The Morgan fingerprint density at radius 3 is 2.81 bits per heavy atom. The van der Waals surface area contributed by atoms with Crippen molar-refractivity contribution < 1.29 is 18.7 Å². The van der Waals surface area contributed by atoms with Crippen LogP contribution in [0.3, 0.4) is 0 Å². The molecule has 2 aliphatic heterocycles. The Balaban J connectivity index is 1.64. The molecule has 9 heteroatoms. The van der Waals surface area contributed by atoms with Gasteiger partial charge in [0.1, 0.15) is 6.10 Å². The maximum absolute atomic E-state index is 14.6. The summed E-state index contributed by atoms with van der Waals surface area (Å²) in [5.41, 5.74) is 5.89. The molecule has 0 spiro atoms. The minimum absolute atomic E-state index is 0.0304. The van der Waals surface area contributed by atoms with E-state index in [1.54, 1.807) is 25.4 Å². The van der Waals surface area contributed by atoms with Gasteiger partial charge in [-0.05, 0) is 43.2 Å². The van der Waals surface area contributed by atoms with Gasteiger partial charge < -0.3 is 25.1 Å². The average Bonchev–Trinajstić information content (AvgIpc) is 3.29. The van der Waals surface area contributed by atoms with E-state index < -0.39 is 5.82 Å². The molecule has 2 atom stereocenters. The predicted molar refractivity (Wildman–Crippen MR) is 139 cm³/mol. The van der Waals surface area contributed by atoms with Crippen molar-refractivity contribution >= 4 is 28.3 Å². The smallest absolute Gasteiger partial charge is 0.255 e. The van der Waals surface area contributed by atoms with Gasteiger partial charge in [-0.25, -0.2) is 9.37 Å². The van der Waals surface area contributed by atoms with Crippen molar-refractivity contribution in [2.75, 3.05) is 26.1 Å². The largest absolute Gasteiger partial charge is 0.492 e. The summed E-state index contributed by atoms with van der Waals surface area (Å²) in [7, 11) is 3.10. The summed E-state index contributed by atoms with van der Waals surface area (Å²) >= 11 is 0. The second-order valence-electron chi connectivity index (χ2n) is 9.15. The number of hydrogen-bond donors (Lipinski definition) is 3. The Kier molecular flexibility index (Phi) is 5.84. The highest BCUT2D eigenvalue weighted by Crippen LogP contribution is 2.43. The van der Waals surface area contributed by atoms with Crippen LogP contribution in [0.15, 0.2) is 54.7 Å². The number of pyridine rings is 2. The van der Waals surface area contributed by atoms with Crippen LogP contribution in [0.2, 0.25) is 0 Å². The SMILES string of the molecule is COc1c(F)cccc1Nc1c2[nH]c3c1C(=O)NC[C@H]3C/C=C\C[C@@H](OC)c1ccc3nccc-2c3n1. The van der Waals surface area contributed by atoms with Crippen LogP contribution >= 0.6 is 0 Å². The van der Waals surface area contributed by atoms with Gasteiger partial charge in [0.05, 0.1) is 46.5 Å². The summed E-state index contributed by atoms with van der Waals surface area (Å²) in [6, 6.07) is 10.4. The third-order valence-corrected chi connectivity index (χ3v) is 7.03. The lowest BCUT2D eigenvalue weighted by atomic mass is 9.93. The van der Waals surface area contributed by atoms with Crippen molar-refractivity contribution in [3.05, 3.63) is 77.5 Å². The van der Waals surface area contributed by atoms with E-state index in [2.05, 4.69) is 32.8 Å². The molecule has 0 aliphatic carbocycles. The summed E-state index contributed by atoms with van der Waals surface area (Å²) in [6.07, 6.45) is 7.13. The third-order valence-electron chi connectivity index (χ3n) is 7.03. The minimum Gasteiger partial charge on any atom is -0.492 e. The molecule has 4 bridgehead atoms. The van der Waals surface area contributed by atoms with Crippen LogP contribution in [0, 0.1) is 5.82 Å². The minimum atomic E-state index is -0.501. The molecule has 6 rings (SSSR count). The van der Waals surface area contributed by atoms with Gasteiger partial charge in [0.2, 0.25) is 0 Å². The number of methoxy groups -OCH3 is 2. The average molecular weight is 500 g/mol. The van der Waals surface area contributed by atoms with Gasteiger partial charge in [-0.2, -0.15) is 0 Å². The summed E-state index contributed by atoms with van der Waals surface area (Å²) in [5, 5.41) is 6.34. The molecule has 8 nitrogen and oxygen atoms in total. The number of aromatic amines is 1. The van der Waals surface area contributed by atoms with Crippen LogP contribution in [0.4, 0.5) is 15.8 Å². The molecule has 188 valence electrons. The van der Waals surface area contributed by atoms with Crippen LogP contribution in [0.25, 0.3) is 22.3 Å². The highest BCUT2D eigenvalue weighted by Gasteiger charge is 2.33. The molecule has 4 aromatic rings. The van der Waals surface area contributed by atoms with Crippen molar-refractivity contribution in [1.29, 1.82) is 0 Å². The van der Waals surface area contributed by atoms with Crippen molar-refractivity contribution in [2.24, 2.45) is 0 Å². The highest BCUT2D eigenvalue weighted by molar-refractivity contribution is 6.08. The molecule has 0 saturated carbocycles. The Morgan fingerprint density at radius 1 is 1.11 bits per heavy atom. The summed E-state index contributed by atoms with van der Waals surface area (Å²) in [6.45, 7) is 0.504. The quantitative estimate of drug-likeness (QED) is 0.326. The molecule has 37 heavy (non-hydrogen) atoms. The van der Waals surface area contributed by atoms with Gasteiger partial charge in [0.15, 0.2) is 11.6 Å². The second kappa shape index (κ2) is 9.33. The first-order valence-corrected chi connectivity index (χ1v) is 12.2. The fraction of sp³-hybridized carbons (Fsp3) is 0.250. The zero-order valence-corrected chi connectivity index (χ0v) is 20.5. The van der Waals surface area contributed by atoms with Crippen molar-refractivity contribution in [3.63, 3.8) is 0 Å². The molecule has 5 heterocycles. The lowest BCUT2D eigenvalue weighted by Crippen LogP contribution is -2.34. The molecule has 0 saturated heterocycles. The van der Waals surface area contributed by atoms with Gasteiger partial charge in [-0.3, -0.25) is 9.78 Å². The van der Waals surface area contributed by atoms with Crippen molar-refractivity contribution in [3.8, 4) is 17.0 Å². The van der Waals surface area contributed by atoms with Crippen LogP contribution in [0.5, 0.6) is 5.75 Å². The molecule has 3 aromatic heterocycles. The number of hydrogen-bond acceptors (Lipinski definition) is 6. The number of benzene rings is 1. The highest BCUT2D eigenvalue weighted by atomic mass is 19.1. The van der Waals surface area contributed by atoms with Gasteiger partial charge in [0.25, 0.3) is 5.91 Å². The van der Waals surface area contributed by atoms with Gasteiger partial charge in [0, 0.05) is 37.0 Å². The van der Waals surface area contributed by atoms with E-state index in [0.29, 0.717) is 46.6 Å². The lowest BCUT2D eigenvalue weighted by Gasteiger charge is -2.23. The first-order valence-electron chi connectivity index (χ1n) is 12.2. The molecule has 0 unspecified atom stereocenters. The number of allylic oxidation sites excluding steroid dienone is 1. The zero-order valence-electron chi connectivity index (χ0n) is 20.5. The Bertz CT molecular complexity index is 1550. The van der Waals surface area contributed by atoms with E-state index in [1.165, 1.54) is 13.2 Å². The molecule has 1 amide bonds. The van der Waals surface area contributed by atoms with E-state index in [4.69, 9.17) is 14.5 Å². The number of H-pyrrole nitrogens is 1. The Labute approximate surface area is 212 Å². The molecule has 3 N–H and O–H groups in total. The molecular weight excluding hydrogens is 473 g/mol. The standard InChI is InChI=1S/C28H26FN5O3/c1-36-21-9-4-3-6-15-14-31-28(35)22-23(15)34-25(16-12-13-30-19-11-10-18(21)32-24(16)19)26(22)33-20-8-5-7-17(29)27(20)37-2/h3-5,7-8,10-13,15,21,33-34H,6,9,14H2,1-2H3,(H,31,35)/b4-3-/t15-,21-/m1/s1. The van der Waals surface area contributed by atoms with Crippen molar-refractivity contribution in [1.82, 2.24) is 20.3 Å². The number of ether oxygens (including phenoxy) is 2. The van der Waals surface area contributed by atoms with Gasteiger partial charge in [-0.15, -0.1) is 0 Å². The lowest BCUT2D eigenvalue weighted by molar-refractivity contribution is 0.0941. The number of aromatic nitrogens is 3. The maximum Gasteiger partial charge on any atom is 0.255 e. The predicted octanol–water partition coefficient (Wildman–Crippen LogP) is 5.38. The number of anilines is 2. The zero-order chi connectivity index (χ0) is 25.5. The fourth-order valence-corrected chi connectivity index (χ4v) is 5.18. The molecule has 0 fully saturated rings. The monoisotopic (exact) mass is 499 g/mol. The normalized spacial score (nSPS) is 19.5. The fourth-order valence-electron chi connectivity index (χ4n) is 5.18. The summed E-state index contributed by atoms with van der Waals surface area (Å²) in [4.78, 5) is 26.3. The number of amides is 1. The number of fused-ring (bicyclic) bond motifs is 3. The van der Waals surface area contributed by atoms with Gasteiger partial charge >= 0.3 is 0 Å². The number of halogens is 1. The molecule has 0 radical (unpaired) electrons. The Hall–Kier alpha value is -4.24. The van der Waals surface area contributed by atoms with E-state index in [0.717, 1.165) is 23.4 Å². The van der Waals surface area contributed by atoms with Crippen LogP contribution in [-0.2, 0) is 4.74 Å². The molecule has 1 aromatic carbocycles. The van der Waals surface area contributed by atoms with E-state index in [9.17, 15) is 9.18 Å². The van der Waals surface area contributed by atoms with Crippen LogP contribution < -0.4 is 15.4 Å². The number of rotatable bonds is 4. The topological polar surface area (TPSA) is 101 Å². The number of para-hydroxylation sites is 1. The first kappa shape index (κ1) is 23.2. The van der Waals surface area contributed by atoms with Crippen LogP contribution in [0.1, 0.15) is 46.6 Å². The molecular formula is C28H26FN5O3. The summed E-state index contributed by atoms with van der Waals surface area (Å²) in [5.74, 6) is -0.604. The number of nitrogens with one attached hydrogen (secondary N) is 3. The number of nitrogens with zero attached hydrogens (tertiary/aromatic N) is 2. The van der Waals surface area contributed by atoms with E-state index >= 15 is 0 Å². The molecule has 2 aliphatic rings. The summed E-state index contributed by atoms with van der Waals surface area (Å²) < 4.78 is 25.7. The van der Waals surface area contributed by atoms with E-state index in [-0.39, 0.29) is 23.7 Å². The van der Waals surface area contributed by atoms with E-state index in [1.807, 2.05) is 18.2 Å². The third kappa shape index (κ3) is 3.92. The first-order chi connectivity index (χ1) is 18.1. The van der Waals surface area contributed by atoms with Crippen LogP contribution in [-0.4, -0.2) is 41.6 Å². The maximum atomic E-state index is 14.6. The number of carbonyl (C=O) groups excluding carboxylic acids is 1. The van der Waals surface area contributed by atoms with Gasteiger partial charge in [-0.1, -0.05) is 18.2 Å². The second-order valence-corrected chi connectivity index (χ2v) is 9.15. The van der Waals surface area contributed by atoms with Crippen molar-refractivity contribution in [2.45, 2.75) is 24.9 Å².